The molecular weight excluding hydrogens is 915 g/mol. The molecule has 6 amide bonds. The summed E-state index contributed by atoms with van der Waals surface area (Å²) in [5.74, 6) is -0.316. The van der Waals surface area contributed by atoms with Crippen LogP contribution in [0.3, 0.4) is 0 Å². The van der Waals surface area contributed by atoms with Gasteiger partial charge in [-0.2, -0.15) is 5.10 Å². The van der Waals surface area contributed by atoms with Crippen LogP contribution in [0.1, 0.15) is 82.1 Å². The molecule has 20 nitrogen and oxygen atoms in total. The second-order valence-electron chi connectivity index (χ2n) is 17.8. The van der Waals surface area contributed by atoms with Gasteiger partial charge in [0.25, 0.3) is 17.7 Å². The maximum Gasteiger partial charge on any atom is 0.264 e. The molecule has 378 valence electrons. The van der Waals surface area contributed by atoms with E-state index in [0.717, 1.165) is 74.5 Å². The van der Waals surface area contributed by atoms with Crippen molar-refractivity contribution in [3.8, 4) is 22.8 Å². The lowest BCUT2D eigenvalue weighted by Crippen LogP contribution is -2.54. The van der Waals surface area contributed by atoms with Crippen LogP contribution in [-0.4, -0.2) is 153 Å². The third-order valence-electron chi connectivity index (χ3n) is 13.1. The van der Waals surface area contributed by atoms with Crippen molar-refractivity contribution in [1.29, 1.82) is 0 Å². The minimum atomic E-state index is -1.03. The van der Waals surface area contributed by atoms with Crippen molar-refractivity contribution in [1.82, 2.24) is 30.2 Å². The van der Waals surface area contributed by atoms with E-state index in [1.165, 1.54) is 0 Å². The summed E-state index contributed by atoms with van der Waals surface area (Å²) in [6.45, 7) is 6.95. The van der Waals surface area contributed by atoms with Crippen LogP contribution in [0, 0.1) is 5.92 Å². The van der Waals surface area contributed by atoms with Gasteiger partial charge < -0.3 is 50.3 Å². The summed E-state index contributed by atoms with van der Waals surface area (Å²) in [6, 6.07) is 21.2. The van der Waals surface area contributed by atoms with Crippen LogP contribution in [0.5, 0.6) is 11.5 Å². The number of piperidine rings is 2. The number of likely N-dealkylation sites (tertiary alicyclic amines) is 1. The first-order valence-corrected chi connectivity index (χ1v) is 24.5. The maximum atomic E-state index is 13.2. The number of amides is 6. The van der Waals surface area contributed by atoms with E-state index in [1.807, 2.05) is 59.3 Å². The number of unbranched alkanes of at least 4 members (excludes halogenated alkanes) is 1. The van der Waals surface area contributed by atoms with Gasteiger partial charge in [0.15, 0.2) is 0 Å². The third kappa shape index (κ3) is 13.0. The van der Waals surface area contributed by atoms with Crippen molar-refractivity contribution >= 4 is 46.9 Å². The summed E-state index contributed by atoms with van der Waals surface area (Å²) < 4.78 is 30.2. The van der Waals surface area contributed by atoms with E-state index in [9.17, 15) is 28.8 Å². The second kappa shape index (κ2) is 24.9. The number of aromatic nitrogens is 2. The Morgan fingerprint density at radius 3 is 2.17 bits per heavy atom. The molecule has 6 N–H and O–H groups in total. The number of fused-ring (bicyclic) bond motifs is 2. The second-order valence-corrected chi connectivity index (χ2v) is 17.8. The van der Waals surface area contributed by atoms with Crippen LogP contribution in [0.25, 0.3) is 11.3 Å². The Labute approximate surface area is 412 Å². The van der Waals surface area contributed by atoms with E-state index < -0.39 is 35.6 Å². The molecule has 5 heterocycles. The first kappa shape index (κ1) is 50.7. The van der Waals surface area contributed by atoms with Gasteiger partial charge in [-0.15, -0.1) is 0 Å². The van der Waals surface area contributed by atoms with E-state index in [0.29, 0.717) is 87.2 Å². The monoisotopic (exact) mass is 977 g/mol. The van der Waals surface area contributed by atoms with Crippen LogP contribution in [0.4, 0.5) is 11.5 Å². The molecule has 1 aromatic heterocycles. The van der Waals surface area contributed by atoms with Gasteiger partial charge >= 0.3 is 0 Å². The smallest absolute Gasteiger partial charge is 0.264 e. The van der Waals surface area contributed by atoms with Gasteiger partial charge in [-0.25, -0.2) is 4.68 Å². The lowest BCUT2D eigenvalue weighted by molar-refractivity contribution is -0.136. The molecular formula is C51H63N9O11. The summed E-state index contributed by atoms with van der Waals surface area (Å²) in [4.78, 5) is 78.7. The number of nitrogens with two attached hydrogens (primary N) is 1. The zero-order chi connectivity index (χ0) is 49.5. The number of anilines is 2. The van der Waals surface area contributed by atoms with Crippen LogP contribution in [0.15, 0.2) is 72.8 Å². The number of hydrogen-bond acceptors (Lipinski definition) is 15. The molecule has 0 spiro atoms. The van der Waals surface area contributed by atoms with Gasteiger partial charge in [0.2, 0.25) is 17.7 Å². The third-order valence-corrected chi connectivity index (χ3v) is 13.1. The number of nitrogens with one attached hydrogen (secondary N) is 4. The number of nitrogens with zero attached hydrogens (tertiary/aromatic N) is 4. The Morgan fingerprint density at radius 2 is 1.45 bits per heavy atom. The number of para-hydroxylation sites is 1. The van der Waals surface area contributed by atoms with Crippen molar-refractivity contribution in [2.24, 2.45) is 11.7 Å². The van der Waals surface area contributed by atoms with Crippen LogP contribution >= 0.6 is 0 Å². The van der Waals surface area contributed by atoms with Crippen molar-refractivity contribution in [2.75, 3.05) is 103 Å². The number of primary amides is 1. The Bertz CT molecular complexity index is 2490. The lowest BCUT2D eigenvalue weighted by atomic mass is 9.87. The molecule has 2 atom stereocenters. The van der Waals surface area contributed by atoms with Crippen LogP contribution in [-0.2, 0) is 33.3 Å². The fourth-order valence-corrected chi connectivity index (χ4v) is 9.53. The van der Waals surface area contributed by atoms with Crippen LogP contribution < -0.4 is 31.7 Å². The minimum absolute atomic E-state index is 0.0331. The van der Waals surface area contributed by atoms with E-state index in [-0.39, 0.29) is 49.1 Å². The quantitative estimate of drug-likeness (QED) is 0.0441. The number of imide groups is 2. The lowest BCUT2D eigenvalue weighted by Gasteiger charge is -2.38. The number of ether oxygens (including phenoxy) is 5. The Hall–Kier alpha value is -6.71. The summed E-state index contributed by atoms with van der Waals surface area (Å²) in [6.07, 6.45) is 4.98. The molecule has 1 unspecified atom stereocenters. The predicted octanol–water partition coefficient (Wildman–Crippen LogP) is 3.99. The fraction of sp³-hybridized carbons (Fsp3) is 0.471. The molecule has 0 bridgehead atoms. The van der Waals surface area contributed by atoms with Crippen molar-refractivity contribution < 1.29 is 52.5 Å². The van der Waals surface area contributed by atoms with E-state index >= 15 is 0 Å². The average Bonchev–Trinajstić information content (AvgIpc) is 3.89. The number of carbonyl (C=O) groups is 6. The maximum absolute atomic E-state index is 13.2. The highest BCUT2D eigenvalue weighted by Gasteiger charge is 2.45. The molecule has 4 aliphatic rings. The van der Waals surface area contributed by atoms with Gasteiger partial charge in [0, 0.05) is 37.3 Å². The molecule has 0 radical (unpaired) electrons. The van der Waals surface area contributed by atoms with Crippen molar-refractivity contribution in [3.05, 3.63) is 89.5 Å². The minimum Gasteiger partial charge on any atom is -0.457 e. The summed E-state index contributed by atoms with van der Waals surface area (Å²) >= 11 is 0. The predicted molar refractivity (Wildman–Crippen MR) is 261 cm³/mol. The number of benzene rings is 3. The standard InChI is InChI=1S/C51H63N9O11/c52-47(63)45-46(35-11-13-37(14-12-35)71-36-7-2-1-3-8-36)57-60-40(17-21-55-48(45)60)34-18-24-58(25-19-34)23-5-4-20-54-43(62)33-70-32-31-69-30-29-68-28-27-67-26-22-53-39-10-6-9-38-44(39)51(66)59(50(38)65)41-15-16-42(61)56-49(41)64/h1-3,6-14,34,40-41,53,55H,4-5,15-33H2,(H2,52,63)(H,54,62)(H,56,61,64)/t40-,41?/m0/s1. The molecule has 71 heavy (non-hydrogen) atoms. The number of rotatable bonds is 26. The van der Waals surface area contributed by atoms with Crippen molar-refractivity contribution in [2.45, 2.75) is 57.0 Å². The highest BCUT2D eigenvalue weighted by atomic mass is 16.6. The summed E-state index contributed by atoms with van der Waals surface area (Å²) in [5.41, 5.74) is 8.62. The van der Waals surface area contributed by atoms with E-state index in [4.69, 9.17) is 34.5 Å². The largest absolute Gasteiger partial charge is 0.457 e. The van der Waals surface area contributed by atoms with Gasteiger partial charge in [-0.05, 0) is 113 Å². The molecule has 2 saturated heterocycles. The number of hydrogen-bond donors (Lipinski definition) is 5. The van der Waals surface area contributed by atoms with Crippen molar-refractivity contribution in [3.63, 3.8) is 0 Å². The summed E-state index contributed by atoms with van der Waals surface area (Å²) in [7, 11) is 0. The SMILES string of the molecule is NC(=O)c1c(-c2ccc(Oc3ccccc3)cc2)nn2c1NCC[C@H]2C1CCN(CCCCNC(=O)COCCOCCOCCOCCNc2cccc3c2C(=O)N(C2CCC(=O)NC2=O)C3=O)CC1. The molecule has 20 heteroatoms. The topological polar surface area (TPSA) is 247 Å². The molecule has 3 aromatic carbocycles. The van der Waals surface area contributed by atoms with Gasteiger partial charge in [-0.1, -0.05) is 24.3 Å². The van der Waals surface area contributed by atoms with Gasteiger partial charge in [0.1, 0.15) is 41.2 Å². The Morgan fingerprint density at radius 1 is 0.746 bits per heavy atom. The molecule has 8 rings (SSSR count). The Kier molecular flexibility index (Phi) is 17.8. The first-order valence-electron chi connectivity index (χ1n) is 24.5. The summed E-state index contributed by atoms with van der Waals surface area (Å²) in [5, 5.41) is 16.7. The van der Waals surface area contributed by atoms with Crippen LogP contribution in [0.2, 0.25) is 0 Å². The molecule has 4 aromatic rings. The number of carbonyl (C=O) groups excluding carboxylic acids is 6. The Balaban J connectivity index is 0.624. The molecule has 2 fully saturated rings. The zero-order valence-electron chi connectivity index (χ0n) is 39.9. The zero-order valence-corrected chi connectivity index (χ0v) is 39.9. The molecule has 4 aliphatic heterocycles. The average molecular weight is 978 g/mol. The first-order chi connectivity index (χ1) is 34.7. The van der Waals surface area contributed by atoms with E-state index in [1.54, 1.807) is 18.2 Å². The normalized spacial score (nSPS) is 18.2. The fourth-order valence-electron chi connectivity index (χ4n) is 9.53. The molecule has 0 aliphatic carbocycles. The molecule has 0 saturated carbocycles. The van der Waals surface area contributed by atoms with E-state index in [2.05, 4.69) is 26.2 Å². The van der Waals surface area contributed by atoms with Gasteiger partial charge in [0.05, 0.1) is 63.4 Å². The highest BCUT2D eigenvalue weighted by molar-refractivity contribution is 6.25. The van der Waals surface area contributed by atoms with Gasteiger partial charge in [-0.3, -0.25) is 39.0 Å². The highest BCUT2D eigenvalue weighted by Crippen LogP contribution is 2.40.